The van der Waals surface area contributed by atoms with Crippen LogP contribution in [0.15, 0.2) is 58.7 Å². The summed E-state index contributed by atoms with van der Waals surface area (Å²) in [7, 11) is 0. The first-order valence-corrected chi connectivity index (χ1v) is 7.18. The van der Waals surface area contributed by atoms with Gasteiger partial charge in [-0.05, 0) is 6.07 Å². The van der Waals surface area contributed by atoms with Gasteiger partial charge >= 0.3 is 5.69 Å². The molecule has 21 heavy (non-hydrogen) atoms. The summed E-state index contributed by atoms with van der Waals surface area (Å²) in [5.74, 6) is 0.834. The van der Waals surface area contributed by atoms with Gasteiger partial charge in [-0.1, -0.05) is 30.3 Å². The molecule has 2 heterocycles. The van der Waals surface area contributed by atoms with Crippen LogP contribution in [0.2, 0.25) is 0 Å². The summed E-state index contributed by atoms with van der Waals surface area (Å²) in [6.07, 6.45) is 1.56. The second-order valence-electron chi connectivity index (χ2n) is 4.35. The molecule has 7 heteroatoms. The van der Waals surface area contributed by atoms with Crippen molar-refractivity contribution in [2.45, 2.75) is 5.03 Å². The molecular formula is C14H12N4O2S. The zero-order valence-electron chi connectivity index (χ0n) is 11.0. The maximum Gasteiger partial charge on any atom is 0.303 e. The van der Waals surface area contributed by atoms with E-state index in [-0.39, 0.29) is 5.69 Å². The van der Waals surface area contributed by atoms with Crippen LogP contribution in [0.3, 0.4) is 0 Å². The summed E-state index contributed by atoms with van der Waals surface area (Å²) < 4.78 is 1.95. The first-order valence-electron chi connectivity index (χ1n) is 6.40. The van der Waals surface area contributed by atoms with Crippen LogP contribution in [0.4, 0.5) is 5.69 Å². The highest BCUT2D eigenvalue weighted by Crippen LogP contribution is 2.31. The van der Waals surface area contributed by atoms with Crippen LogP contribution < -0.4 is 0 Å². The summed E-state index contributed by atoms with van der Waals surface area (Å²) in [4.78, 5) is 19.2. The number of benzene rings is 1. The number of hydrogen-bond donors (Lipinski definition) is 0. The fourth-order valence-corrected chi connectivity index (χ4v) is 3.01. The van der Waals surface area contributed by atoms with Gasteiger partial charge < -0.3 is 0 Å². The molecule has 0 bridgehead atoms. The third-order valence-electron chi connectivity index (χ3n) is 2.98. The standard InChI is InChI=1S/C14H12N4O2S/c19-18(20)12-7-4-8-16-14(12)21-17-10-9-15-13(17)11-5-2-1-3-6-11/h1-8H,9-10H2. The van der Waals surface area contributed by atoms with Crippen molar-refractivity contribution in [2.24, 2.45) is 4.99 Å². The summed E-state index contributed by atoms with van der Waals surface area (Å²) in [6.45, 7) is 1.39. The largest absolute Gasteiger partial charge is 0.303 e. The normalized spacial score (nSPS) is 14.1. The van der Waals surface area contributed by atoms with Crippen LogP contribution in [0.1, 0.15) is 5.56 Å². The van der Waals surface area contributed by atoms with E-state index in [1.54, 1.807) is 12.3 Å². The minimum atomic E-state index is -0.412. The summed E-state index contributed by atoms with van der Waals surface area (Å²) in [5.41, 5.74) is 1.02. The van der Waals surface area contributed by atoms with Gasteiger partial charge in [0.05, 0.1) is 18.0 Å². The van der Waals surface area contributed by atoms with Gasteiger partial charge in [-0.2, -0.15) is 0 Å². The molecule has 2 aromatic rings. The van der Waals surface area contributed by atoms with Crippen molar-refractivity contribution >= 4 is 23.5 Å². The van der Waals surface area contributed by atoms with Crippen molar-refractivity contribution in [1.82, 2.24) is 9.29 Å². The molecular weight excluding hydrogens is 288 g/mol. The Balaban J connectivity index is 1.86. The van der Waals surface area contributed by atoms with E-state index in [1.165, 1.54) is 18.0 Å². The molecule has 6 nitrogen and oxygen atoms in total. The van der Waals surface area contributed by atoms with E-state index in [0.717, 1.165) is 11.4 Å². The average Bonchev–Trinajstić information content (AvgIpc) is 2.96. The Hall–Kier alpha value is -2.41. The lowest BCUT2D eigenvalue weighted by Crippen LogP contribution is -2.21. The predicted octanol–water partition coefficient (Wildman–Crippen LogP) is 2.76. The van der Waals surface area contributed by atoms with E-state index < -0.39 is 4.92 Å². The number of aromatic nitrogens is 1. The van der Waals surface area contributed by atoms with Crippen LogP contribution in [0.25, 0.3) is 0 Å². The van der Waals surface area contributed by atoms with Gasteiger partial charge in [0.2, 0.25) is 0 Å². The molecule has 0 saturated heterocycles. The smallest absolute Gasteiger partial charge is 0.293 e. The molecule has 0 radical (unpaired) electrons. The number of aliphatic imine (C=N–C) groups is 1. The molecule has 0 aliphatic carbocycles. The van der Waals surface area contributed by atoms with Gasteiger partial charge in [-0.25, -0.2) is 4.98 Å². The first-order chi connectivity index (χ1) is 10.3. The van der Waals surface area contributed by atoms with E-state index >= 15 is 0 Å². The van der Waals surface area contributed by atoms with Crippen LogP contribution >= 0.6 is 11.9 Å². The van der Waals surface area contributed by atoms with Crippen molar-refractivity contribution in [3.8, 4) is 0 Å². The molecule has 0 N–H and O–H groups in total. The second-order valence-corrected chi connectivity index (χ2v) is 5.36. The van der Waals surface area contributed by atoms with Crippen LogP contribution in [0, 0.1) is 10.1 Å². The van der Waals surface area contributed by atoms with Gasteiger partial charge in [-0.15, -0.1) is 0 Å². The third kappa shape index (κ3) is 2.87. The number of pyridine rings is 1. The Bertz CT molecular complexity index is 690. The molecule has 0 amide bonds. The molecule has 1 aliphatic heterocycles. The minimum absolute atomic E-state index is 0.0156. The predicted molar refractivity (Wildman–Crippen MR) is 81.3 cm³/mol. The Kier molecular flexibility index (Phi) is 3.83. The zero-order valence-corrected chi connectivity index (χ0v) is 11.9. The topological polar surface area (TPSA) is 71.6 Å². The minimum Gasteiger partial charge on any atom is -0.293 e. The summed E-state index contributed by atoms with van der Waals surface area (Å²) >= 11 is 1.26. The highest BCUT2D eigenvalue weighted by atomic mass is 32.2. The number of nitro groups is 1. The van der Waals surface area contributed by atoms with E-state index in [4.69, 9.17) is 0 Å². The summed E-state index contributed by atoms with van der Waals surface area (Å²) in [5, 5.41) is 11.4. The second kappa shape index (κ2) is 5.92. The third-order valence-corrected chi connectivity index (χ3v) is 4.04. The molecule has 0 atom stereocenters. The molecule has 0 saturated carbocycles. The lowest BCUT2D eigenvalue weighted by molar-refractivity contribution is -0.388. The molecule has 1 aromatic carbocycles. The lowest BCUT2D eigenvalue weighted by atomic mass is 10.2. The number of rotatable bonds is 4. The van der Waals surface area contributed by atoms with E-state index in [2.05, 4.69) is 9.98 Å². The maximum absolute atomic E-state index is 11.1. The Labute approximate surface area is 125 Å². The number of nitrogens with zero attached hydrogens (tertiary/aromatic N) is 4. The molecule has 1 aliphatic rings. The van der Waals surface area contributed by atoms with E-state index in [1.807, 2.05) is 34.6 Å². The van der Waals surface area contributed by atoms with Gasteiger partial charge in [0.1, 0.15) is 5.84 Å². The fraction of sp³-hybridized carbons (Fsp3) is 0.143. The van der Waals surface area contributed by atoms with Gasteiger partial charge in [0.25, 0.3) is 0 Å². The highest BCUT2D eigenvalue weighted by Gasteiger charge is 2.24. The van der Waals surface area contributed by atoms with Gasteiger partial charge in [0, 0.05) is 29.8 Å². The van der Waals surface area contributed by atoms with Crippen LogP contribution in [-0.4, -0.2) is 33.1 Å². The van der Waals surface area contributed by atoms with Crippen molar-refractivity contribution in [3.63, 3.8) is 0 Å². The molecule has 0 spiro atoms. The van der Waals surface area contributed by atoms with Crippen LogP contribution in [-0.2, 0) is 0 Å². The maximum atomic E-state index is 11.1. The van der Waals surface area contributed by atoms with Crippen molar-refractivity contribution in [1.29, 1.82) is 0 Å². The first kappa shape index (κ1) is 13.6. The van der Waals surface area contributed by atoms with Crippen LogP contribution in [0.5, 0.6) is 0 Å². The highest BCUT2D eigenvalue weighted by molar-refractivity contribution is 7.97. The quantitative estimate of drug-likeness (QED) is 0.493. The average molecular weight is 300 g/mol. The Morgan fingerprint density at radius 3 is 2.76 bits per heavy atom. The molecule has 0 fully saturated rings. The molecule has 106 valence electrons. The molecule has 1 aromatic heterocycles. The lowest BCUT2D eigenvalue weighted by Gasteiger charge is -2.18. The van der Waals surface area contributed by atoms with E-state index in [0.29, 0.717) is 18.1 Å². The Morgan fingerprint density at radius 2 is 2.00 bits per heavy atom. The van der Waals surface area contributed by atoms with Crippen molar-refractivity contribution in [2.75, 3.05) is 13.1 Å². The summed E-state index contributed by atoms with van der Waals surface area (Å²) in [6, 6.07) is 12.8. The van der Waals surface area contributed by atoms with E-state index in [9.17, 15) is 10.1 Å². The number of hydrogen-bond acceptors (Lipinski definition) is 6. The van der Waals surface area contributed by atoms with Crippen molar-refractivity contribution in [3.05, 3.63) is 64.3 Å². The fourth-order valence-electron chi connectivity index (χ4n) is 2.04. The van der Waals surface area contributed by atoms with Gasteiger partial charge in [-0.3, -0.25) is 19.4 Å². The van der Waals surface area contributed by atoms with Gasteiger partial charge in [0.15, 0.2) is 5.03 Å². The van der Waals surface area contributed by atoms with Crippen molar-refractivity contribution < 1.29 is 4.92 Å². The molecule has 3 rings (SSSR count). The molecule has 0 unspecified atom stereocenters. The SMILES string of the molecule is O=[N+]([O-])c1cccnc1SN1CCN=C1c1ccccc1. The monoisotopic (exact) mass is 300 g/mol. The Morgan fingerprint density at radius 1 is 1.19 bits per heavy atom. The zero-order chi connectivity index (χ0) is 14.7. The number of amidine groups is 1.